The minimum Gasteiger partial charge on any atom is -0.461 e. The van der Waals surface area contributed by atoms with Crippen LogP contribution in [0.4, 0.5) is 0 Å². The molecule has 0 aliphatic rings. The van der Waals surface area contributed by atoms with Crippen LogP contribution >= 0.6 is 0 Å². The zero-order valence-corrected chi connectivity index (χ0v) is 12.8. The van der Waals surface area contributed by atoms with Crippen molar-refractivity contribution in [1.82, 2.24) is 4.98 Å². The average Bonchev–Trinajstić information content (AvgIpc) is 2.39. The lowest BCUT2D eigenvalue weighted by Gasteiger charge is -2.21. The summed E-state index contributed by atoms with van der Waals surface area (Å²) in [5.74, 6) is -0.268. The summed E-state index contributed by atoms with van der Waals surface area (Å²) in [5, 5.41) is 0. The molecule has 0 bridgehead atoms. The molecule has 19 heavy (non-hydrogen) atoms. The number of ether oxygens (including phenoxy) is 1. The van der Waals surface area contributed by atoms with Gasteiger partial charge in [-0.3, -0.25) is 9.78 Å². The molecule has 6 heteroatoms. The lowest BCUT2D eigenvalue weighted by atomic mass is 10.2. The number of hydrogen-bond acceptors (Lipinski definition) is 5. The Hall–Kier alpha value is -1.24. The van der Waals surface area contributed by atoms with Gasteiger partial charge in [0.2, 0.25) is 0 Å². The lowest BCUT2D eigenvalue weighted by Crippen LogP contribution is -2.39. The summed E-state index contributed by atoms with van der Waals surface area (Å²) >= 11 is 0. The standard InChI is InChI=1S/C13H21NO4Si/c1-4-16-19(17-5-2)11(3)18-13(15)10-12-6-8-14-9-7-12/h6-9,11,19H,4-5,10H2,1-3H3. The maximum absolute atomic E-state index is 11.8. The largest absolute Gasteiger partial charge is 0.461 e. The highest BCUT2D eigenvalue weighted by atomic mass is 28.3. The highest BCUT2D eigenvalue weighted by Crippen LogP contribution is 2.05. The van der Waals surface area contributed by atoms with Gasteiger partial charge >= 0.3 is 15.3 Å². The van der Waals surface area contributed by atoms with Gasteiger partial charge < -0.3 is 13.6 Å². The van der Waals surface area contributed by atoms with Gasteiger partial charge in [0, 0.05) is 25.6 Å². The molecular weight excluding hydrogens is 262 g/mol. The Morgan fingerprint density at radius 2 is 1.84 bits per heavy atom. The van der Waals surface area contributed by atoms with E-state index in [0.717, 1.165) is 5.56 Å². The maximum Gasteiger partial charge on any atom is 0.363 e. The molecule has 0 N–H and O–H groups in total. The van der Waals surface area contributed by atoms with Gasteiger partial charge in [0.25, 0.3) is 0 Å². The molecule has 5 nitrogen and oxygen atoms in total. The Bertz CT molecular complexity index is 368. The van der Waals surface area contributed by atoms with Gasteiger partial charge in [0.1, 0.15) is 5.73 Å². The van der Waals surface area contributed by atoms with E-state index in [1.807, 2.05) is 20.8 Å². The molecule has 0 radical (unpaired) electrons. The monoisotopic (exact) mass is 283 g/mol. The minimum absolute atomic E-state index is 0.242. The van der Waals surface area contributed by atoms with Crippen LogP contribution in [0, 0.1) is 0 Å². The second kappa shape index (κ2) is 8.79. The van der Waals surface area contributed by atoms with Gasteiger partial charge in [-0.1, -0.05) is 0 Å². The smallest absolute Gasteiger partial charge is 0.363 e. The molecule has 1 atom stereocenters. The van der Waals surface area contributed by atoms with Crippen LogP contribution in [0.5, 0.6) is 0 Å². The topological polar surface area (TPSA) is 57.7 Å². The molecule has 0 aliphatic carbocycles. The van der Waals surface area contributed by atoms with Gasteiger partial charge in [-0.2, -0.15) is 0 Å². The van der Waals surface area contributed by atoms with E-state index in [9.17, 15) is 4.79 Å². The Morgan fingerprint density at radius 3 is 2.37 bits per heavy atom. The van der Waals surface area contributed by atoms with Crippen molar-refractivity contribution in [3.05, 3.63) is 30.1 Å². The molecule has 0 spiro atoms. The van der Waals surface area contributed by atoms with E-state index in [-0.39, 0.29) is 18.1 Å². The van der Waals surface area contributed by atoms with Crippen molar-refractivity contribution in [2.45, 2.75) is 32.9 Å². The van der Waals surface area contributed by atoms with Gasteiger partial charge in [-0.25, -0.2) is 0 Å². The Balaban J connectivity index is 2.45. The second-order valence-electron chi connectivity index (χ2n) is 4.01. The fourth-order valence-corrected chi connectivity index (χ4v) is 3.18. The first-order chi connectivity index (χ1) is 9.17. The normalized spacial score (nSPS) is 12.4. The molecule has 0 aliphatic heterocycles. The first-order valence-electron chi connectivity index (χ1n) is 6.49. The van der Waals surface area contributed by atoms with E-state index in [0.29, 0.717) is 13.2 Å². The van der Waals surface area contributed by atoms with E-state index in [4.69, 9.17) is 13.6 Å². The van der Waals surface area contributed by atoms with Gasteiger partial charge in [0.15, 0.2) is 0 Å². The van der Waals surface area contributed by atoms with Crippen LogP contribution in [0.15, 0.2) is 24.5 Å². The molecule has 1 aromatic heterocycles. The van der Waals surface area contributed by atoms with Crippen LogP contribution in [0.2, 0.25) is 0 Å². The average molecular weight is 283 g/mol. The van der Waals surface area contributed by atoms with Crippen molar-refractivity contribution in [2.24, 2.45) is 0 Å². The molecule has 0 aromatic carbocycles. The van der Waals surface area contributed by atoms with E-state index < -0.39 is 9.28 Å². The highest BCUT2D eigenvalue weighted by molar-refractivity contribution is 6.46. The van der Waals surface area contributed by atoms with Crippen molar-refractivity contribution < 1.29 is 18.4 Å². The van der Waals surface area contributed by atoms with E-state index >= 15 is 0 Å². The molecule has 0 saturated carbocycles. The number of nitrogens with zero attached hydrogens (tertiary/aromatic N) is 1. The molecule has 1 aromatic rings. The van der Waals surface area contributed by atoms with Crippen LogP contribution in [-0.4, -0.2) is 39.2 Å². The van der Waals surface area contributed by atoms with Crippen LogP contribution in [-0.2, 0) is 24.8 Å². The summed E-state index contributed by atoms with van der Waals surface area (Å²) in [6, 6.07) is 3.60. The van der Waals surface area contributed by atoms with E-state index in [1.165, 1.54) is 0 Å². The third-order valence-electron chi connectivity index (χ3n) is 2.46. The zero-order valence-electron chi connectivity index (χ0n) is 11.7. The van der Waals surface area contributed by atoms with Crippen molar-refractivity contribution in [3.8, 4) is 0 Å². The summed E-state index contributed by atoms with van der Waals surface area (Å²) in [4.78, 5) is 15.7. The molecule has 106 valence electrons. The van der Waals surface area contributed by atoms with Crippen molar-refractivity contribution in [2.75, 3.05) is 13.2 Å². The fraction of sp³-hybridized carbons (Fsp3) is 0.538. The predicted octanol–water partition coefficient (Wildman–Crippen LogP) is 1.39. The third kappa shape index (κ3) is 5.95. The Labute approximate surface area is 115 Å². The zero-order chi connectivity index (χ0) is 14.1. The molecule has 0 saturated heterocycles. The number of hydrogen-bond donors (Lipinski definition) is 0. The summed E-state index contributed by atoms with van der Waals surface area (Å²) in [6.45, 7) is 6.79. The summed E-state index contributed by atoms with van der Waals surface area (Å²) in [6.07, 6.45) is 3.56. The van der Waals surface area contributed by atoms with Crippen molar-refractivity contribution in [1.29, 1.82) is 0 Å². The number of carbonyl (C=O) groups is 1. The molecular formula is C13H21NO4Si. The minimum atomic E-state index is -1.95. The van der Waals surface area contributed by atoms with Crippen molar-refractivity contribution >= 4 is 15.3 Å². The third-order valence-corrected chi connectivity index (χ3v) is 4.69. The van der Waals surface area contributed by atoms with Gasteiger partial charge in [-0.15, -0.1) is 0 Å². The molecule has 0 amide bonds. The fourth-order valence-electron chi connectivity index (χ4n) is 1.62. The van der Waals surface area contributed by atoms with Crippen molar-refractivity contribution in [3.63, 3.8) is 0 Å². The second-order valence-corrected chi connectivity index (χ2v) is 6.35. The molecule has 1 heterocycles. The van der Waals surface area contributed by atoms with Crippen LogP contribution in [0.25, 0.3) is 0 Å². The van der Waals surface area contributed by atoms with E-state index in [1.54, 1.807) is 24.5 Å². The number of esters is 1. The lowest BCUT2D eigenvalue weighted by molar-refractivity contribution is -0.145. The van der Waals surface area contributed by atoms with Crippen LogP contribution < -0.4 is 0 Å². The summed E-state index contributed by atoms with van der Waals surface area (Å²) in [7, 11) is -1.95. The van der Waals surface area contributed by atoms with E-state index in [2.05, 4.69) is 4.98 Å². The molecule has 1 rings (SSSR count). The predicted molar refractivity (Wildman–Crippen MR) is 73.9 cm³/mol. The van der Waals surface area contributed by atoms with Crippen LogP contribution in [0.3, 0.4) is 0 Å². The summed E-state index contributed by atoms with van der Waals surface area (Å²) < 4.78 is 16.4. The number of pyridine rings is 1. The molecule has 1 unspecified atom stereocenters. The first-order valence-corrected chi connectivity index (χ1v) is 8.09. The van der Waals surface area contributed by atoms with Crippen LogP contribution in [0.1, 0.15) is 26.3 Å². The molecule has 0 fully saturated rings. The number of rotatable bonds is 8. The maximum atomic E-state index is 11.8. The Morgan fingerprint density at radius 1 is 1.26 bits per heavy atom. The summed E-state index contributed by atoms with van der Waals surface area (Å²) in [5.41, 5.74) is 0.590. The first kappa shape index (κ1) is 15.8. The number of aromatic nitrogens is 1. The van der Waals surface area contributed by atoms with Gasteiger partial charge in [0.05, 0.1) is 6.42 Å². The van der Waals surface area contributed by atoms with Gasteiger partial charge in [-0.05, 0) is 38.5 Å². The SMILES string of the molecule is CCO[SiH](OCC)C(C)OC(=O)Cc1ccncc1. The Kier molecular flexibility index (Phi) is 7.31. The quantitative estimate of drug-likeness (QED) is 0.533. The number of carbonyl (C=O) groups excluding carboxylic acids is 1. The highest BCUT2D eigenvalue weighted by Gasteiger charge is 2.25.